The molecule has 0 bridgehead atoms. The first-order valence-corrected chi connectivity index (χ1v) is 16.9. The Morgan fingerprint density at radius 3 is 2.23 bits per heavy atom. The Kier molecular flexibility index (Phi) is 20.6. The van der Waals surface area contributed by atoms with Crippen molar-refractivity contribution in [2.24, 2.45) is 11.7 Å². The summed E-state index contributed by atoms with van der Waals surface area (Å²) in [7, 11) is -4.22. The molecule has 0 radical (unpaired) electrons. The Balaban J connectivity index is 2.44. The normalized spacial score (nSPS) is 14.6. The molecule has 3 atom stereocenters. The van der Waals surface area contributed by atoms with Gasteiger partial charge in [0.25, 0.3) is 0 Å². The summed E-state index contributed by atoms with van der Waals surface area (Å²) in [6, 6.07) is 7.88. The van der Waals surface area contributed by atoms with E-state index in [-0.39, 0.29) is 24.7 Å². The first-order chi connectivity index (χ1) is 18.8. The number of benzene rings is 1. The van der Waals surface area contributed by atoms with E-state index in [1.165, 1.54) is 64.2 Å². The van der Waals surface area contributed by atoms with Crippen LogP contribution in [0.25, 0.3) is 0 Å². The molecule has 0 saturated heterocycles. The summed E-state index contributed by atoms with van der Waals surface area (Å²) in [5.41, 5.74) is 6.51. The Hall–Kier alpha value is -1.24. The van der Waals surface area contributed by atoms with Gasteiger partial charge in [0.15, 0.2) is 0 Å². The van der Waals surface area contributed by atoms with Crippen molar-refractivity contribution < 1.29 is 28.0 Å². The van der Waals surface area contributed by atoms with Crippen LogP contribution in [-0.4, -0.2) is 36.5 Å². The zero-order chi connectivity index (χ0) is 28.8. The highest BCUT2D eigenvalue weighted by Crippen LogP contribution is 2.45. The van der Waals surface area contributed by atoms with Crippen LogP contribution >= 0.6 is 7.82 Å². The summed E-state index contributed by atoms with van der Waals surface area (Å²) in [5, 5.41) is 0. The van der Waals surface area contributed by atoms with Crippen molar-refractivity contribution in [3.63, 3.8) is 0 Å². The molecule has 1 aromatic rings. The number of phosphoric acid groups is 1. The fourth-order valence-electron chi connectivity index (χ4n) is 4.62. The molecule has 7 nitrogen and oxygen atoms in total. The number of carbonyl (C=O) groups is 1. The monoisotopic (exact) mass is 569 g/mol. The minimum atomic E-state index is -4.22. The molecule has 3 N–H and O–H groups in total. The van der Waals surface area contributed by atoms with E-state index in [0.29, 0.717) is 38.8 Å². The SMILES string of the molecule is CCCCCCCCCCCCCOc1cccc(CC(COP(=O)(O)OC(C)CCCN)CC(=O)CC)c1. The molecular formula is C31H56NO6P. The zero-order valence-electron chi connectivity index (χ0n) is 24.9. The Bertz CT molecular complexity index is 805. The van der Waals surface area contributed by atoms with Gasteiger partial charge >= 0.3 is 7.82 Å². The maximum Gasteiger partial charge on any atom is 0.472 e. The topological polar surface area (TPSA) is 108 Å². The number of Topliss-reactive ketones (excluding diaryl/α,β-unsaturated/α-hetero) is 1. The van der Waals surface area contributed by atoms with E-state index in [1.807, 2.05) is 31.2 Å². The minimum Gasteiger partial charge on any atom is -0.494 e. The molecule has 0 fully saturated rings. The second-order valence-corrected chi connectivity index (χ2v) is 12.2. The van der Waals surface area contributed by atoms with Crippen LogP contribution in [0.4, 0.5) is 0 Å². The van der Waals surface area contributed by atoms with Gasteiger partial charge in [0.05, 0.1) is 19.3 Å². The lowest BCUT2D eigenvalue weighted by atomic mass is 9.94. The molecule has 3 unspecified atom stereocenters. The quantitative estimate of drug-likeness (QED) is 0.0855. The average molecular weight is 570 g/mol. The number of ether oxygens (including phenoxy) is 1. The van der Waals surface area contributed by atoms with Crippen LogP contribution in [0.5, 0.6) is 5.75 Å². The maximum absolute atomic E-state index is 12.4. The highest BCUT2D eigenvalue weighted by atomic mass is 31.2. The van der Waals surface area contributed by atoms with E-state index in [9.17, 15) is 14.3 Å². The lowest BCUT2D eigenvalue weighted by Gasteiger charge is -2.21. The van der Waals surface area contributed by atoms with Crippen LogP contribution in [0.15, 0.2) is 24.3 Å². The molecule has 0 amide bonds. The van der Waals surface area contributed by atoms with Gasteiger partial charge in [-0.3, -0.25) is 13.8 Å². The van der Waals surface area contributed by atoms with Crippen LogP contribution in [0.3, 0.4) is 0 Å². The van der Waals surface area contributed by atoms with Crippen LogP contribution in [0.2, 0.25) is 0 Å². The van der Waals surface area contributed by atoms with Gasteiger partial charge in [0.1, 0.15) is 11.5 Å². The lowest BCUT2D eigenvalue weighted by molar-refractivity contribution is -0.120. The third kappa shape index (κ3) is 19.5. The molecule has 0 heterocycles. The number of phosphoric ester groups is 1. The number of rotatable bonds is 26. The molecule has 0 aliphatic rings. The second kappa shape index (κ2) is 22.4. The molecule has 1 aromatic carbocycles. The molecular weight excluding hydrogens is 513 g/mol. The molecule has 226 valence electrons. The lowest BCUT2D eigenvalue weighted by Crippen LogP contribution is -2.18. The standard InChI is InChI=1S/C31H56NO6P/c1-4-6-7-8-9-10-11-12-13-14-15-22-36-31-20-16-19-28(25-31)23-29(24-30(33)5-2)26-37-39(34,35)38-27(3)18-17-21-32/h16,19-20,25,27,29H,4-15,17-18,21-24,26,32H2,1-3H3,(H,34,35). The van der Waals surface area contributed by atoms with Gasteiger partial charge in [-0.15, -0.1) is 0 Å². The summed E-state index contributed by atoms with van der Waals surface area (Å²) in [5.74, 6) is 0.672. The Morgan fingerprint density at radius 2 is 1.62 bits per heavy atom. The first kappa shape index (κ1) is 35.8. The van der Waals surface area contributed by atoms with Gasteiger partial charge in [-0.2, -0.15) is 0 Å². The van der Waals surface area contributed by atoms with Gasteiger partial charge < -0.3 is 15.4 Å². The predicted octanol–water partition coefficient (Wildman–Crippen LogP) is 8.17. The summed E-state index contributed by atoms with van der Waals surface area (Å²) in [4.78, 5) is 22.3. The van der Waals surface area contributed by atoms with E-state index >= 15 is 0 Å². The van der Waals surface area contributed by atoms with E-state index < -0.39 is 13.9 Å². The predicted molar refractivity (Wildman–Crippen MR) is 160 cm³/mol. The number of hydrogen-bond acceptors (Lipinski definition) is 6. The van der Waals surface area contributed by atoms with Crippen LogP contribution < -0.4 is 10.5 Å². The number of ketones is 1. The molecule has 0 saturated carbocycles. The molecule has 0 aromatic heterocycles. The van der Waals surface area contributed by atoms with Gasteiger partial charge in [-0.1, -0.05) is 90.2 Å². The second-order valence-electron chi connectivity index (χ2n) is 10.8. The smallest absolute Gasteiger partial charge is 0.472 e. The molecule has 0 spiro atoms. The fourth-order valence-corrected chi connectivity index (χ4v) is 5.64. The largest absolute Gasteiger partial charge is 0.494 e. The van der Waals surface area contributed by atoms with E-state index in [0.717, 1.165) is 17.7 Å². The average Bonchev–Trinajstić information content (AvgIpc) is 2.91. The Labute approximate surface area is 238 Å². The molecule has 0 aliphatic carbocycles. The number of unbranched alkanes of at least 4 members (excludes halogenated alkanes) is 10. The third-order valence-corrected chi connectivity index (χ3v) is 8.05. The minimum absolute atomic E-state index is 0.0348. The van der Waals surface area contributed by atoms with Crippen LogP contribution in [0, 0.1) is 5.92 Å². The molecule has 1 rings (SSSR count). The van der Waals surface area contributed by atoms with Crippen molar-refractivity contribution in [1.82, 2.24) is 0 Å². The van der Waals surface area contributed by atoms with Crippen molar-refractivity contribution >= 4 is 13.6 Å². The maximum atomic E-state index is 12.4. The van der Waals surface area contributed by atoms with Gasteiger partial charge in [0, 0.05) is 12.8 Å². The first-order valence-electron chi connectivity index (χ1n) is 15.4. The summed E-state index contributed by atoms with van der Waals surface area (Å²) >= 11 is 0. The van der Waals surface area contributed by atoms with Crippen molar-refractivity contribution in [2.75, 3.05) is 19.8 Å². The fraction of sp³-hybridized carbons (Fsp3) is 0.774. The molecule has 39 heavy (non-hydrogen) atoms. The van der Waals surface area contributed by atoms with Gasteiger partial charge in [0.2, 0.25) is 0 Å². The number of carbonyl (C=O) groups excluding carboxylic acids is 1. The highest BCUT2D eigenvalue weighted by Gasteiger charge is 2.27. The van der Waals surface area contributed by atoms with Crippen molar-refractivity contribution in [3.05, 3.63) is 29.8 Å². The molecule has 0 aliphatic heterocycles. The van der Waals surface area contributed by atoms with Crippen molar-refractivity contribution in [1.29, 1.82) is 0 Å². The van der Waals surface area contributed by atoms with Gasteiger partial charge in [-0.05, 0) is 62.8 Å². The summed E-state index contributed by atoms with van der Waals surface area (Å²) in [6.07, 6.45) is 16.4. The summed E-state index contributed by atoms with van der Waals surface area (Å²) in [6.45, 7) is 6.95. The number of hydrogen-bond donors (Lipinski definition) is 2. The van der Waals surface area contributed by atoms with Crippen LogP contribution in [-0.2, 0) is 24.8 Å². The summed E-state index contributed by atoms with van der Waals surface area (Å²) < 4.78 is 29.0. The number of nitrogens with two attached hydrogens (primary N) is 1. The zero-order valence-corrected chi connectivity index (χ0v) is 25.8. The van der Waals surface area contributed by atoms with E-state index in [1.54, 1.807) is 6.92 Å². The van der Waals surface area contributed by atoms with Crippen molar-refractivity contribution in [2.45, 2.75) is 130 Å². The Morgan fingerprint density at radius 1 is 0.974 bits per heavy atom. The molecule has 8 heteroatoms. The van der Waals surface area contributed by atoms with E-state index in [4.69, 9.17) is 19.5 Å². The van der Waals surface area contributed by atoms with Crippen LogP contribution in [0.1, 0.15) is 123 Å². The highest BCUT2D eigenvalue weighted by molar-refractivity contribution is 7.47. The van der Waals surface area contributed by atoms with E-state index in [2.05, 4.69) is 6.92 Å². The third-order valence-electron chi connectivity index (χ3n) is 6.95. The van der Waals surface area contributed by atoms with Crippen molar-refractivity contribution in [3.8, 4) is 5.75 Å². The van der Waals surface area contributed by atoms with Gasteiger partial charge in [-0.25, -0.2) is 4.57 Å².